The lowest BCUT2D eigenvalue weighted by Crippen LogP contribution is -2.01. The molecule has 6 nitrogen and oxygen atoms in total. The van der Waals surface area contributed by atoms with Crippen LogP contribution in [0.15, 0.2) is 61.1 Å². The number of aromatic nitrogens is 6. The number of tetrazole rings is 1. The Labute approximate surface area is 145 Å². The van der Waals surface area contributed by atoms with Gasteiger partial charge in [-0.3, -0.25) is 9.97 Å². The van der Waals surface area contributed by atoms with Gasteiger partial charge in [0.2, 0.25) is 5.82 Å². The Morgan fingerprint density at radius 1 is 0.920 bits per heavy atom. The van der Waals surface area contributed by atoms with Crippen molar-refractivity contribution < 1.29 is 0 Å². The largest absolute Gasteiger partial charge is 0.262 e. The van der Waals surface area contributed by atoms with E-state index in [1.807, 2.05) is 30.5 Å². The molecule has 122 valence electrons. The topological polar surface area (TPSA) is 69.4 Å². The second kappa shape index (κ2) is 6.24. The first-order chi connectivity index (χ1) is 12.2. The second-order valence-corrected chi connectivity index (χ2v) is 5.82. The van der Waals surface area contributed by atoms with Crippen LogP contribution in [-0.4, -0.2) is 30.2 Å². The van der Waals surface area contributed by atoms with Crippen LogP contribution in [0.25, 0.3) is 28.3 Å². The number of aryl methyl sites for hydroxylation is 2. The molecule has 0 aliphatic rings. The number of benzene rings is 1. The molecule has 0 fully saturated rings. The van der Waals surface area contributed by atoms with Crippen LogP contribution in [0, 0.1) is 13.8 Å². The van der Waals surface area contributed by atoms with Crippen molar-refractivity contribution in [1.29, 1.82) is 0 Å². The predicted molar refractivity (Wildman–Crippen MR) is 95.1 cm³/mol. The van der Waals surface area contributed by atoms with Gasteiger partial charge in [-0.25, -0.2) is 0 Å². The fourth-order valence-electron chi connectivity index (χ4n) is 2.86. The summed E-state index contributed by atoms with van der Waals surface area (Å²) in [6.07, 6.45) is 5.29. The normalized spacial score (nSPS) is 10.8. The monoisotopic (exact) mass is 328 g/mol. The van der Waals surface area contributed by atoms with Gasteiger partial charge in [0.15, 0.2) is 0 Å². The summed E-state index contributed by atoms with van der Waals surface area (Å²) in [7, 11) is 0. The Bertz CT molecular complexity index is 1000. The molecular formula is C19H16N6. The second-order valence-electron chi connectivity index (χ2n) is 5.82. The lowest BCUT2D eigenvalue weighted by molar-refractivity contribution is 0.717. The minimum atomic E-state index is 0.484. The van der Waals surface area contributed by atoms with Gasteiger partial charge >= 0.3 is 0 Å². The molecule has 0 aliphatic heterocycles. The van der Waals surface area contributed by atoms with Crippen molar-refractivity contribution in [3.63, 3.8) is 0 Å². The van der Waals surface area contributed by atoms with E-state index in [-0.39, 0.29) is 0 Å². The Kier molecular flexibility index (Phi) is 3.78. The van der Waals surface area contributed by atoms with Crippen LogP contribution < -0.4 is 0 Å². The van der Waals surface area contributed by atoms with E-state index in [0.717, 1.165) is 11.3 Å². The van der Waals surface area contributed by atoms with Crippen LogP contribution in [0.1, 0.15) is 11.1 Å². The van der Waals surface area contributed by atoms with Crippen LogP contribution in [0.4, 0.5) is 0 Å². The predicted octanol–water partition coefficient (Wildman–Crippen LogP) is 3.40. The highest BCUT2D eigenvalue weighted by Gasteiger charge is 2.11. The molecule has 1 aromatic carbocycles. The van der Waals surface area contributed by atoms with Gasteiger partial charge in [0.25, 0.3) is 0 Å². The van der Waals surface area contributed by atoms with Crippen molar-refractivity contribution in [1.82, 2.24) is 30.2 Å². The summed E-state index contributed by atoms with van der Waals surface area (Å²) in [5, 5.41) is 12.7. The van der Waals surface area contributed by atoms with Gasteiger partial charge in [-0.15, -0.1) is 15.0 Å². The molecule has 4 aromatic rings. The minimum absolute atomic E-state index is 0.484. The van der Waals surface area contributed by atoms with E-state index in [1.165, 1.54) is 21.5 Å². The Balaban J connectivity index is 1.75. The van der Waals surface area contributed by atoms with Crippen LogP contribution >= 0.6 is 0 Å². The third-order valence-corrected chi connectivity index (χ3v) is 4.03. The van der Waals surface area contributed by atoms with Gasteiger partial charge in [-0.05, 0) is 54.0 Å². The Hall–Kier alpha value is -3.41. The van der Waals surface area contributed by atoms with Gasteiger partial charge < -0.3 is 0 Å². The Morgan fingerprint density at radius 2 is 1.76 bits per heavy atom. The molecule has 0 saturated heterocycles. The Morgan fingerprint density at radius 3 is 2.52 bits per heavy atom. The maximum atomic E-state index is 4.42. The fourth-order valence-corrected chi connectivity index (χ4v) is 2.86. The maximum Gasteiger partial charge on any atom is 0.223 e. The molecule has 25 heavy (non-hydrogen) atoms. The number of hydrogen-bond donors (Lipinski definition) is 0. The third-order valence-electron chi connectivity index (χ3n) is 4.03. The van der Waals surface area contributed by atoms with E-state index in [2.05, 4.69) is 57.4 Å². The molecule has 0 bridgehead atoms. The molecule has 4 rings (SSSR count). The molecule has 3 heterocycles. The standard InChI is InChI=1S/C19H16N6/c1-13-6-5-7-14(2)18(13)15-10-16(12-20-11-15)25-23-19(22-24-25)17-8-3-4-9-21-17/h3-12H,1-2H3. The van der Waals surface area contributed by atoms with E-state index in [4.69, 9.17) is 0 Å². The van der Waals surface area contributed by atoms with Gasteiger partial charge in [-0.1, -0.05) is 24.3 Å². The molecule has 0 aliphatic carbocycles. The summed E-state index contributed by atoms with van der Waals surface area (Å²) in [5.74, 6) is 0.484. The number of rotatable bonds is 3. The van der Waals surface area contributed by atoms with Crippen molar-refractivity contribution in [3.8, 4) is 28.3 Å². The molecule has 0 N–H and O–H groups in total. The average molecular weight is 328 g/mol. The molecule has 6 heteroatoms. The van der Waals surface area contributed by atoms with E-state index < -0.39 is 0 Å². The minimum Gasteiger partial charge on any atom is -0.262 e. The van der Waals surface area contributed by atoms with Crippen LogP contribution in [0.5, 0.6) is 0 Å². The van der Waals surface area contributed by atoms with Crippen LogP contribution in [0.2, 0.25) is 0 Å². The van der Waals surface area contributed by atoms with Gasteiger partial charge in [0.1, 0.15) is 11.4 Å². The van der Waals surface area contributed by atoms with E-state index in [0.29, 0.717) is 11.5 Å². The zero-order chi connectivity index (χ0) is 17.2. The van der Waals surface area contributed by atoms with Crippen molar-refractivity contribution in [2.24, 2.45) is 0 Å². The highest BCUT2D eigenvalue weighted by molar-refractivity contribution is 5.71. The van der Waals surface area contributed by atoms with Gasteiger partial charge in [-0.2, -0.15) is 0 Å². The summed E-state index contributed by atoms with van der Waals surface area (Å²) in [4.78, 5) is 10.1. The molecule has 0 unspecified atom stereocenters. The molecule has 0 amide bonds. The van der Waals surface area contributed by atoms with Crippen molar-refractivity contribution >= 4 is 0 Å². The van der Waals surface area contributed by atoms with E-state index in [1.54, 1.807) is 12.4 Å². The third kappa shape index (κ3) is 2.89. The summed E-state index contributed by atoms with van der Waals surface area (Å²) < 4.78 is 0. The van der Waals surface area contributed by atoms with Crippen molar-refractivity contribution in [3.05, 3.63) is 72.2 Å². The zero-order valence-electron chi connectivity index (χ0n) is 14.0. The first-order valence-corrected chi connectivity index (χ1v) is 7.96. The number of nitrogens with zero attached hydrogens (tertiary/aromatic N) is 6. The lowest BCUT2D eigenvalue weighted by Gasteiger charge is -2.10. The smallest absolute Gasteiger partial charge is 0.223 e. The molecule has 0 radical (unpaired) electrons. The fraction of sp³-hybridized carbons (Fsp3) is 0.105. The first-order valence-electron chi connectivity index (χ1n) is 7.96. The zero-order valence-corrected chi connectivity index (χ0v) is 14.0. The average Bonchev–Trinajstić information content (AvgIpc) is 3.13. The molecule has 0 spiro atoms. The first kappa shape index (κ1) is 15.1. The van der Waals surface area contributed by atoms with Crippen LogP contribution in [0.3, 0.4) is 0 Å². The van der Waals surface area contributed by atoms with Gasteiger partial charge in [0, 0.05) is 18.0 Å². The summed E-state index contributed by atoms with van der Waals surface area (Å²) in [6, 6.07) is 13.9. The van der Waals surface area contributed by atoms with E-state index in [9.17, 15) is 0 Å². The summed E-state index contributed by atoms with van der Waals surface area (Å²) in [5.41, 5.74) is 6.08. The quantitative estimate of drug-likeness (QED) is 0.576. The molecular weight excluding hydrogens is 312 g/mol. The number of hydrogen-bond acceptors (Lipinski definition) is 5. The highest BCUT2D eigenvalue weighted by atomic mass is 15.6. The van der Waals surface area contributed by atoms with E-state index >= 15 is 0 Å². The van der Waals surface area contributed by atoms with Crippen molar-refractivity contribution in [2.75, 3.05) is 0 Å². The number of pyridine rings is 2. The SMILES string of the molecule is Cc1cccc(C)c1-c1cncc(-n2nnc(-c3ccccn3)n2)c1. The maximum absolute atomic E-state index is 4.42. The van der Waals surface area contributed by atoms with Crippen molar-refractivity contribution in [2.45, 2.75) is 13.8 Å². The van der Waals surface area contributed by atoms with Gasteiger partial charge in [0.05, 0.1) is 6.20 Å². The molecule has 3 aromatic heterocycles. The summed E-state index contributed by atoms with van der Waals surface area (Å²) >= 11 is 0. The summed E-state index contributed by atoms with van der Waals surface area (Å²) in [6.45, 7) is 4.20. The molecule has 0 atom stereocenters. The van der Waals surface area contributed by atoms with Crippen LogP contribution in [-0.2, 0) is 0 Å². The molecule has 0 saturated carbocycles. The lowest BCUT2D eigenvalue weighted by atomic mass is 9.97. The highest BCUT2D eigenvalue weighted by Crippen LogP contribution is 2.27.